The van der Waals surface area contributed by atoms with Crippen molar-refractivity contribution < 1.29 is 18.3 Å². The van der Waals surface area contributed by atoms with Crippen LogP contribution in [0.4, 0.5) is 8.78 Å². The zero-order valence-corrected chi connectivity index (χ0v) is 16.2. The van der Waals surface area contributed by atoms with Crippen molar-refractivity contribution in [2.45, 2.75) is 40.2 Å². The summed E-state index contributed by atoms with van der Waals surface area (Å²) in [4.78, 5) is 11.7. The Morgan fingerprint density at radius 2 is 1.77 bits per heavy atom. The van der Waals surface area contributed by atoms with Crippen LogP contribution >= 0.6 is 12.4 Å². The number of aryl methyl sites for hydroxylation is 2. The van der Waals surface area contributed by atoms with Crippen molar-refractivity contribution in [3.8, 4) is 11.1 Å². The summed E-state index contributed by atoms with van der Waals surface area (Å²) < 4.78 is 33.3. The van der Waals surface area contributed by atoms with Gasteiger partial charge in [0, 0.05) is 11.6 Å². The molecule has 0 heterocycles. The Labute approximate surface area is 159 Å². The molecule has 26 heavy (non-hydrogen) atoms. The molecule has 0 saturated heterocycles. The van der Waals surface area contributed by atoms with E-state index in [9.17, 15) is 13.6 Å². The lowest BCUT2D eigenvalue weighted by molar-refractivity contribution is -0.143. The fourth-order valence-corrected chi connectivity index (χ4v) is 3.02. The molecule has 0 radical (unpaired) electrons. The van der Waals surface area contributed by atoms with Gasteiger partial charge in [-0.3, -0.25) is 4.79 Å². The van der Waals surface area contributed by atoms with Crippen LogP contribution in [-0.2, 0) is 9.53 Å². The Morgan fingerprint density at radius 3 is 2.38 bits per heavy atom. The Morgan fingerprint density at radius 1 is 1.12 bits per heavy atom. The topological polar surface area (TPSA) is 52.3 Å². The molecule has 0 aromatic heterocycles. The third-order valence-electron chi connectivity index (χ3n) is 4.30. The maximum atomic E-state index is 14.7. The van der Waals surface area contributed by atoms with E-state index in [0.717, 1.165) is 5.56 Å². The molecule has 0 spiro atoms. The van der Waals surface area contributed by atoms with E-state index in [1.165, 1.54) is 12.1 Å². The van der Waals surface area contributed by atoms with E-state index in [4.69, 9.17) is 10.5 Å². The van der Waals surface area contributed by atoms with Crippen molar-refractivity contribution in [1.29, 1.82) is 0 Å². The summed E-state index contributed by atoms with van der Waals surface area (Å²) >= 11 is 0. The molecule has 142 valence electrons. The number of esters is 1. The summed E-state index contributed by atoms with van der Waals surface area (Å²) in [5.74, 6) is -1.27. The minimum Gasteiger partial charge on any atom is -0.466 e. The highest BCUT2D eigenvalue weighted by Crippen LogP contribution is 2.35. The van der Waals surface area contributed by atoms with Gasteiger partial charge >= 0.3 is 5.97 Å². The van der Waals surface area contributed by atoms with Gasteiger partial charge in [-0.25, -0.2) is 8.78 Å². The van der Waals surface area contributed by atoms with Gasteiger partial charge in [0.1, 0.15) is 11.6 Å². The predicted octanol–water partition coefficient (Wildman–Crippen LogP) is 4.93. The van der Waals surface area contributed by atoms with Gasteiger partial charge in [0.25, 0.3) is 0 Å². The summed E-state index contributed by atoms with van der Waals surface area (Å²) in [6.45, 7) is 7.18. The molecule has 2 aromatic carbocycles. The molecule has 0 aliphatic heterocycles. The van der Waals surface area contributed by atoms with Crippen molar-refractivity contribution >= 4 is 18.4 Å². The van der Waals surface area contributed by atoms with Crippen molar-refractivity contribution in [3.05, 3.63) is 58.2 Å². The van der Waals surface area contributed by atoms with E-state index < -0.39 is 17.8 Å². The Kier molecular flexibility index (Phi) is 7.72. The maximum Gasteiger partial charge on any atom is 0.307 e. The van der Waals surface area contributed by atoms with Gasteiger partial charge in [0.15, 0.2) is 0 Å². The van der Waals surface area contributed by atoms with E-state index in [1.54, 1.807) is 32.9 Å². The van der Waals surface area contributed by atoms with E-state index >= 15 is 0 Å². The van der Waals surface area contributed by atoms with Gasteiger partial charge in [-0.05, 0) is 73.7 Å². The quantitative estimate of drug-likeness (QED) is 0.744. The molecular formula is C20H24ClF2NO2. The second kappa shape index (κ2) is 9.10. The summed E-state index contributed by atoms with van der Waals surface area (Å²) in [7, 11) is 0. The SMILES string of the molecule is CCOC(=O)CC(N)c1c(C)c(-c2cc(F)ccc2C)cc(C)c1F.Cl. The predicted molar refractivity (Wildman–Crippen MR) is 101 cm³/mol. The fourth-order valence-electron chi connectivity index (χ4n) is 3.02. The minimum atomic E-state index is -0.827. The zero-order valence-electron chi connectivity index (χ0n) is 15.4. The van der Waals surface area contributed by atoms with Crippen LogP contribution in [0.3, 0.4) is 0 Å². The maximum absolute atomic E-state index is 14.7. The van der Waals surface area contributed by atoms with Crippen molar-refractivity contribution in [2.24, 2.45) is 5.73 Å². The minimum absolute atomic E-state index is 0. The second-order valence-corrected chi connectivity index (χ2v) is 6.17. The summed E-state index contributed by atoms with van der Waals surface area (Å²) in [6.07, 6.45) is -0.114. The highest BCUT2D eigenvalue weighted by Gasteiger charge is 2.23. The molecule has 0 bridgehead atoms. The summed E-state index contributed by atoms with van der Waals surface area (Å²) in [5, 5.41) is 0. The van der Waals surface area contributed by atoms with Crippen LogP contribution < -0.4 is 5.73 Å². The second-order valence-electron chi connectivity index (χ2n) is 6.17. The molecule has 1 unspecified atom stereocenters. The van der Waals surface area contributed by atoms with Crippen LogP contribution in [-0.4, -0.2) is 12.6 Å². The number of carbonyl (C=O) groups is 1. The van der Waals surface area contributed by atoms with Gasteiger partial charge in [-0.2, -0.15) is 0 Å². The van der Waals surface area contributed by atoms with Crippen LogP contribution in [0.25, 0.3) is 11.1 Å². The number of hydrogen-bond donors (Lipinski definition) is 1. The lowest BCUT2D eigenvalue weighted by Gasteiger charge is -2.20. The highest BCUT2D eigenvalue weighted by molar-refractivity contribution is 5.85. The summed E-state index contributed by atoms with van der Waals surface area (Å²) in [6, 6.07) is 5.35. The Bertz CT molecular complexity index is 809. The Hall–Kier alpha value is -1.98. The van der Waals surface area contributed by atoms with Crippen molar-refractivity contribution in [3.63, 3.8) is 0 Å². The molecule has 0 saturated carbocycles. The number of ether oxygens (including phenoxy) is 1. The molecule has 2 N–H and O–H groups in total. The first-order valence-corrected chi connectivity index (χ1v) is 8.23. The monoisotopic (exact) mass is 383 g/mol. The van der Waals surface area contributed by atoms with Gasteiger partial charge in [-0.15, -0.1) is 12.4 Å². The van der Waals surface area contributed by atoms with Crippen LogP contribution in [0.1, 0.15) is 41.6 Å². The zero-order chi connectivity index (χ0) is 18.7. The van der Waals surface area contributed by atoms with E-state index in [0.29, 0.717) is 22.3 Å². The number of benzene rings is 2. The average Bonchev–Trinajstić information content (AvgIpc) is 2.53. The lowest BCUT2D eigenvalue weighted by Crippen LogP contribution is -2.20. The molecule has 3 nitrogen and oxygen atoms in total. The molecule has 6 heteroatoms. The normalized spacial score (nSPS) is 11.7. The van der Waals surface area contributed by atoms with E-state index in [-0.39, 0.29) is 36.8 Å². The molecule has 2 aromatic rings. The van der Waals surface area contributed by atoms with Crippen molar-refractivity contribution in [2.75, 3.05) is 6.61 Å². The van der Waals surface area contributed by atoms with Gasteiger partial charge in [0.2, 0.25) is 0 Å². The number of hydrogen-bond acceptors (Lipinski definition) is 3. The first-order valence-electron chi connectivity index (χ1n) is 8.23. The van der Waals surface area contributed by atoms with Crippen molar-refractivity contribution in [1.82, 2.24) is 0 Å². The van der Waals surface area contributed by atoms with E-state index in [1.807, 2.05) is 6.92 Å². The van der Waals surface area contributed by atoms with E-state index in [2.05, 4.69) is 0 Å². The first kappa shape index (κ1) is 22.1. The standard InChI is InChI=1S/C20H23F2NO2.ClH/c1-5-25-18(24)10-17(23)19-13(4)16(8-12(3)20(19)22)15-9-14(21)7-6-11(15)2;/h6-9,17H,5,10,23H2,1-4H3;1H. The number of halogens is 3. The molecule has 0 fully saturated rings. The highest BCUT2D eigenvalue weighted by atomic mass is 35.5. The number of rotatable bonds is 5. The van der Waals surface area contributed by atoms with Crippen LogP contribution in [0.5, 0.6) is 0 Å². The largest absolute Gasteiger partial charge is 0.466 e. The molecule has 0 aliphatic carbocycles. The molecule has 1 atom stereocenters. The number of nitrogens with two attached hydrogens (primary N) is 1. The molecule has 0 amide bonds. The fraction of sp³-hybridized carbons (Fsp3) is 0.350. The smallest absolute Gasteiger partial charge is 0.307 e. The van der Waals surface area contributed by atoms with Crippen LogP contribution in [0.15, 0.2) is 24.3 Å². The first-order chi connectivity index (χ1) is 11.8. The van der Waals surface area contributed by atoms with Crippen LogP contribution in [0, 0.1) is 32.4 Å². The summed E-state index contributed by atoms with van der Waals surface area (Å²) in [5.41, 5.74) is 9.65. The number of carbonyl (C=O) groups excluding carboxylic acids is 1. The van der Waals surface area contributed by atoms with Gasteiger partial charge < -0.3 is 10.5 Å². The van der Waals surface area contributed by atoms with Crippen LogP contribution in [0.2, 0.25) is 0 Å². The van der Waals surface area contributed by atoms with Gasteiger partial charge in [-0.1, -0.05) is 6.07 Å². The average molecular weight is 384 g/mol. The molecular weight excluding hydrogens is 360 g/mol. The third kappa shape index (κ3) is 4.59. The molecule has 0 aliphatic rings. The van der Waals surface area contributed by atoms with Gasteiger partial charge in [0.05, 0.1) is 13.0 Å². The Balaban J connectivity index is 0.00000338. The third-order valence-corrected chi connectivity index (χ3v) is 4.30. The molecule has 2 rings (SSSR count). The lowest BCUT2D eigenvalue weighted by atomic mass is 9.88.